The predicted molar refractivity (Wildman–Crippen MR) is 119 cm³/mol. The van der Waals surface area contributed by atoms with Crippen LogP contribution in [0.2, 0.25) is 0 Å². The first-order valence-corrected chi connectivity index (χ1v) is 11.0. The second-order valence-corrected chi connectivity index (χ2v) is 9.08. The third-order valence-electron chi connectivity index (χ3n) is 6.11. The van der Waals surface area contributed by atoms with E-state index in [2.05, 4.69) is 127 Å². The maximum absolute atomic E-state index is 2.39. The van der Waals surface area contributed by atoms with E-state index in [1.165, 1.54) is 48.4 Å². The van der Waals surface area contributed by atoms with Crippen molar-refractivity contribution in [3.05, 3.63) is 127 Å². The van der Waals surface area contributed by atoms with Crippen LogP contribution in [0.4, 0.5) is 0 Å². The van der Waals surface area contributed by atoms with Gasteiger partial charge in [0, 0.05) is 0 Å². The zero-order valence-corrected chi connectivity index (χ0v) is 22.7. The van der Waals surface area contributed by atoms with E-state index in [1.54, 1.807) is 0 Å². The van der Waals surface area contributed by atoms with Crippen molar-refractivity contribution >= 4 is 0 Å². The van der Waals surface area contributed by atoms with Gasteiger partial charge >= 0.3 is 187 Å². The quantitative estimate of drug-likeness (QED) is 0.281. The summed E-state index contributed by atoms with van der Waals surface area (Å²) in [6.07, 6.45) is 3.38. The van der Waals surface area contributed by atoms with Gasteiger partial charge in [-0.15, -0.1) is 0 Å². The zero-order valence-electron chi connectivity index (χ0n) is 18.8. The van der Waals surface area contributed by atoms with Crippen LogP contribution in [0.3, 0.4) is 0 Å². The van der Waals surface area contributed by atoms with E-state index in [4.69, 9.17) is 0 Å². The van der Waals surface area contributed by atoms with Crippen molar-refractivity contribution in [2.75, 3.05) is 0 Å². The summed E-state index contributed by atoms with van der Waals surface area (Å²) in [5.74, 6) is 0. The van der Waals surface area contributed by atoms with Crippen molar-refractivity contribution in [3.8, 4) is 0 Å². The molecule has 4 heteroatoms. The zero-order chi connectivity index (χ0) is 20.6. The Labute approximate surface area is 223 Å². The minimum Gasteiger partial charge on any atom is -1.00 e. The molecule has 0 amide bonds. The molecular formula is C28H27Cl3Ti. The summed E-state index contributed by atoms with van der Waals surface area (Å²) < 4.78 is 1.43. The molecule has 164 valence electrons. The van der Waals surface area contributed by atoms with Crippen LogP contribution in [-0.4, -0.2) is 0 Å². The normalized spacial score (nSPS) is 13.0. The van der Waals surface area contributed by atoms with E-state index in [0.717, 1.165) is 6.42 Å². The van der Waals surface area contributed by atoms with Gasteiger partial charge in [0.1, 0.15) is 0 Å². The smallest absolute Gasteiger partial charge is 1.00 e. The summed E-state index contributed by atoms with van der Waals surface area (Å²) in [6.45, 7) is 8.83. The number of rotatable bonds is 4. The molecule has 0 N–H and O–H groups in total. The molecule has 0 spiro atoms. The van der Waals surface area contributed by atoms with Gasteiger partial charge in [-0.05, 0) is 0 Å². The molecule has 0 bridgehead atoms. The molecule has 0 aromatic heterocycles. The molecule has 0 fully saturated rings. The van der Waals surface area contributed by atoms with Crippen molar-refractivity contribution < 1.29 is 57.7 Å². The van der Waals surface area contributed by atoms with Gasteiger partial charge in [0.25, 0.3) is 0 Å². The van der Waals surface area contributed by atoms with E-state index >= 15 is 0 Å². The molecule has 1 aliphatic rings. The van der Waals surface area contributed by atoms with E-state index < -0.39 is 0 Å². The molecule has 3 aromatic carbocycles. The third-order valence-corrected chi connectivity index (χ3v) is 7.20. The Balaban J connectivity index is 0.00000171. The van der Waals surface area contributed by atoms with E-state index in [0.29, 0.717) is 0 Å². The molecule has 0 nitrogen and oxygen atoms in total. The number of benzene rings is 3. The van der Waals surface area contributed by atoms with E-state index in [9.17, 15) is 0 Å². The van der Waals surface area contributed by atoms with Crippen LogP contribution < -0.4 is 37.2 Å². The first-order valence-electron chi connectivity index (χ1n) is 10.3. The second-order valence-electron chi connectivity index (χ2n) is 8.30. The van der Waals surface area contributed by atoms with E-state index in [-0.39, 0.29) is 42.6 Å². The first kappa shape index (κ1) is 28.8. The van der Waals surface area contributed by atoms with Crippen molar-refractivity contribution in [1.29, 1.82) is 0 Å². The molecule has 0 saturated carbocycles. The molecule has 0 radical (unpaired) electrons. The van der Waals surface area contributed by atoms with Gasteiger partial charge < -0.3 is 37.2 Å². The minimum absolute atomic E-state index is 0. The van der Waals surface area contributed by atoms with Crippen LogP contribution in [0.15, 0.2) is 93.9 Å². The Kier molecular flexibility index (Phi) is 10.5. The Morgan fingerprint density at radius 3 is 1.28 bits per heavy atom. The molecule has 4 rings (SSSR count). The number of halogens is 3. The third kappa shape index (κ3) is 5.11. The van der Waals surface area contributed by atoms with Gasteiger partial charge in [0.15, 0.2) is 0 Å². The van der Waals surface area contributed by atoms with Crippen molar-refractivity contribution in [2.24, 2.45) is 0 Å². The van der Waals surface area contributed by atoms with Crippen LogP contribution >= 0.6 is 0 Å². The Morgan fingerprint density at radius 2 is 1.00 bits per heavy atom. The fraction of sp³-hybridized carbons (Fsp3) is 0.214. The molecule has 32 heavy (non-hydrogen) atoms. The van der Waals surface area contributed by atoms with Crippen LogP contribution in [-0.2, 0) is 25.9 Å². The van der Waals surface area contributed by atoms with Crippen molar-refractivity contribution in [3.63, 3.8) is 0 Å². The van der Waals surface area contributed by atoms with Gasteiger partial charge in [-0.2, -0.15) is 0 Å². The van der Waals surface area contributed by atoms with Gasteiger partial charge in [-0.1, -0.05) is 0 Å². The number of allylic oxidation sites excluding steroid dienone is 4. The maximum atomic E-state index is 2.39. The van der Waals surface area contributed by atoms with Gasteiger partial charge in [-0.25, -0.2) is 0 Å². The Hall–Kier alpha value is -1.28. The Bertz CT molecular complexity index is 1030. The minimum atomic E-state index is -0.289. The SMILES string of the molecule is CC1=CCC(C(c2cccc(C)c2)(c2cccc(C)c2)c2cccc(C)c2)=[C]1[Ti+3].[Cl-].[Cl-].[Cl-]. The maximum Gasteiger partial charge on any atom is -1.00 e. The van der Waals surface area contributed by atoms with Crippen LogP contribution in [0.5, 0.6) is 0 Å². The molecule has 0 unspecified atom stereocenters. The average Bonchev–Trinajstić information content (AvgIpc) is 3.02. The number of hydrogen-bond donors (Lipinski definition) is 0. The summed E-state index contributed by atoms with van der Waals surface area (Å²) >= 11 is 2.30. The fourth-order valence-corrected chi connectivity index (χ4v) is 5.31. The molecule has 3 aromatic rings. The average molecular weight is 518 g/mol. The van der Waals surface area contributed by atoms with Crippen molar-refractivity contribution in [2.45, 2.75) is 39.5 Å². The van der Waals surface area contributed by atoms with Crippen LogP contribution in [0, 0.1) is 20.8 Å². The summed E-state index contributed by atoms with van der Waals surface area (Å²) in [7, 11) is 0. The number of aryl methyl sites for hydroxylation is 3. The van der Waals surface area contributed by atoms with Gasteiger partial charge in [0.2, 0.25) is 0 Å². The fourth-order valence-electron chi connectivity index (χ4n) is 4.70. The van der Waals surface area contributed by atoms with Crippen LogP contribution in [0.25, 0.3) is 0 Å². The largest absolute Gasteiger partial charge is 1.00 e. The Morgan fingerprint density at radius 1 is 0.625 bits per heavy atom. The molecule has 0 aliphatic heterocycles. The number of hydrogen-bond acceptors (Lipinski definition) is 0. The summed E-state index contributed by atoms with van der Waals surface area (Å²) in [4.78, 5) is 0. The molecule has 1 aliphatic carbocycles. The molecule has 0 heterocycles. The van der Waals surface area contributed by atoms with Gasteiger partial charge in [0.05, 0.1) is 0 Å². The predicted octanol–water partition coefficient (Wildman–Crippen LogP) is -1.89. The summed E-state index contributed by atoms with van der Waals surface area (Å²) in [6, 6.07) is 27.3. The molecule has 0 saturated heterocycles. The summed E-state index contributed by atoms with van der Waals surface area (Å²) in [5.41, 5.74) is 10.6. The van der Waals surface area contributed by atoms with Gasteiger partial charge in [-0.3, -0.25) is 0 Å². The standard InChI is InChI=1S/C28H27.3ClH.Ti/c1-20-8-5-11-24(16-20)28(27-15-14-23(4)19-27,25-12-6-9-21(2)17-25)26-13-7-10-22(3)18-26;;;;/h5-14,16-18H,15H2,1-4H3;3*1H;/q;;;;+3/p-3. The van der Waals surface area contributed by atoms with Crippen LogP contribution in [0.1, 0.15) is 46.7 Å². The van der Waals surface area contributed by atoms with E-state index in [1.807, 2.05) is 0 Å². The first-order chi connectivity index (χ1) is 13.9. The molecular weight excluding hydrogens is 491 g/mol. The second kappa shape index (κ2) is 11.7. The summed E-state index contributed by atoms with van der Waals surface area (Å²) in [5, 5.41) is 0. The van der Waals surface area contributed by atoms with Crippen molar-refractivity contribution in [1.82, 2.24) is 0 Å². The monoisotopic (exact) mass is 516 g/mol. The molecule has 0 atom stereocenters. The topological polar surface area (TPSA) is 0 Å².